The van der Waals surface area contributed by atoms with Crippen LogP contribution in [0.5, 0.6) is 5.75 Å². The number of carbonyl (C=O) groups is 1. The standard InChI is InChI=1S/C23H19N3O3/c24-15-29-22-8-6-19(7-9-22)18-4-1-16(2-5-18)3-10-23(27)28-14-17-11-20(25)13-21(26)12-17/h1-13H,14,25-26H2/b10-3+. The first-order chi connectivity index (χ1) is 14.0. The number of hydrogen-bond acceptors (Lipinski definition) is 6. The molecule has 0 radical (unpaired) electrons. The molecule has 0 unspecified atom stereocenters. The molecule has 0 saturated heterocycles. The molecule has 3 rings (SSSR count). The van der Waals surface area contributed by atoms with Gasteiger partial charge in [0.1, 0.15) is 12.4 Å². The van der Waals surface area contributed by atoms with Gasteiger partial charge in [0.05, 0.1) is 0 Å². The number of carbonyl (C=O) groups excluding carboxylic acids is 1. The molecule has 0 spiro atoms. The predicted octanol–water partition coefficient (Wildman–Crippen LogP) is 4.13. The normalized spacial score (nSPS) is 10.4. The molecule has 3 aromatic rings. The second kappa shape index (κ2) is 9.11. The van der Waals surface area contributed by atoms with E-state index < -0.39 is 5.97 Å². The van der Waals surface area contributed by atoms with Crippen LogP contribution in [0, 0.1) is 11.5 Å². The highest BCUT2D eigenvalue weighted by atomic mass is 16.5. The van der Waals surface area contributed by atoms with Gasteiger partial charge in [0.2, 0.25) is 0 Å². The first-order valence-corrected chi connectivity index (χ1v) is 8.80. The second-order valence-electron chi connectivity index (χ2n) is 6.29. The highest BCUT2D eigenvalue weighted by molar-refractivity contribution is 5.87. The lowest BCUT2D eigenvalue weighted by Crippen LogP contribution is -2.02. The third kappa shape index (κ3) is 5.62. The maximum absolute atomic E-state index is 11.9. The number of nitrogen functional groups attached to an aromatic ring is 2. The summed E-state index contributed by atoms with van der Waals surface area (Å²) in [4.78, 5) is 11.9. The van der Waals surface area contributed by atoms with E-state index in [-0.39, 0.29) is 6.61 Å². The van der Waals surface area contributed by atoms with Crippen LogP contribution in [0.2, 0.25) is 0 Å². The molecule has 0 aliphatic carbocycles. The van der Waals surface area contributed by atoms with E-state index in [1.807, 2.05) is 36.4 Å². The SMILES string of the molecule is N#COc1ccc(-c2ccc(/C=C/C(=O)OCc3cc(N)cc(N)c3)cc2)cc1. The van der Waals surface area contributed by atoms with Gasteiger partial charge < -0.3 is 20.9 Å². The number of nitrogens with zero attached hydrogens (tertiary/aromatic N) is 1. The maximum Gasteiger partial charge on any atom is 0.331 e. The van der Waals surface area contributed by atoms with Gasteiger partial charge in [-0.25, -0.2) is 4.79 Å². The van der Waals surface area contributed by atoms with Gasteiger partial charge in [0.25, 0.3) is 6.26 Å². The smallest absolute Gasteiger partial charge is 0.331 e. The van der Waals surface area contributed by atoms with Crippen molar-refractivity contribution in [1.82, 2.24) is 0 Å². The molecule has 0 aliphatic rings. The summed E-state index contributed by atoms with van der Waals surface area (Å²) < 4.78 is 9.98. The molecule has 0 atom stereocenters. The van der Waals surface area contributed by atoms with Gasteiger partial charge in [-0.1, -0.05) is 36.4 Å². The minimum Gasteiger partial charge on any atom is -0.458 e. The zero-order chi connectivity index (χ0) is 20.6. The van der Waals surface area contributed by atoms with Crippen molar-refractivity contribution in [2.24, 2.45) is 0 Å². The Morgan fingerprint density at radius 3 is 2.10 bits per heavy atom. The van der Waals surface area contributed by atoms with Crippen LogP contribution in [0.25, 0.3) is 17.2 Å². The Bertz CT molecular complexity index is 1050. The number of nitrogens with two attached hydrogens (primary N) is 2. The van der Waals surface area contributed by atoms with Crippen molar-refractivity contribution in [3.63, 3.8) is 0 Å². The number of hydrogen-bond donors (Lipinski definition) is 2. The third-order valence-electron chi connectivity index (χ3n) is 4.09. The molecule has 144 valence electrons. The minimum absolute atomic E-state index is 0.100. The van der Waals surface area contributed by atoms with Crippen molar-refractivity contribution in [2.75, 3.05) is 11.5 Å². The zero-order valence-electron chi connectivity index (χ0n) is 15.5. The van der Waals surface area contributed by atoms with Gasteiger partial charge in [-0.15, -0.1) is 5.26 Å². The van der Waals surface area contributed by atoms with Crippen molar-refractivity contribution < 1.29 is 14.3 Å². The van der Waals surface area contributed by atoms with Crippen LogP contribution in [0.15, 0.2) is 72.8 Å². The van der Waals surface area contributed by atoms with E-state index in [2.05, 4.69) is 0 Å². The van der Waals surface area contributed by atoms with E-state index in [1.54, 1.807) is 42.7 Å². The Balaban J connectivity index is 1.57. The summed E-state index contributed by atoms with van der Waals surface area (Å²) in [6.45, 7) is 0.100. The first kappa shape index (κ1) is 19.5. The lowest BCUT2D eigenvalue weighted by atomic mass is 10.0. The van der Waals surface area contributed by atoms with E-state index in [9.17, 15) is 4.79 Å². The van der Waals surface area contributed by atoms with Crippen LogP contribution in [0.4, 0.5) is 11.4 Å². The van der Waals surface area contributed by atoms with Crippen molar-refractivity contribution >= 4 is 23.4 Å². The molecule has 0 aliphatic heterocycles. The fourth-order valence-corrected chi connectivity index (χ4v) is 2.75. The van der Waals surface area contributed by atoms with E-state index in [0.717, 1.165) is 22.3 Å². The Labute approximate surface area is 168 Å². The molecule has 6 nitrogen and oxygen atoms in total. The number of esters is 1. The highest BCUT2D eigenvalue weighted by Gasteiger charge is 2.02. The maximum atomic E-state index is 11.9. The van der Waals surface area contributed by atoms with Gasteiger partial charge >= 0.3 is 5.97 Å². The van der Waals surface area contributed by atoms with Gasteiger partial charge in [-0.05, 0) is 58.7 Å². The van der Waals surface area contributed by atoms with Gasteiger partial charge in [0.15, 0.2) is 0 Å². The van der Waals surface area contributed by atoms with Crippen LogP contribution in [0.3, 0.4) is 0 Å². The minimum atomic E-state index is -0.455. The Morgan fingerprint density at radius 2 is 1.52 bits per heavy atom. The van der Waals surface area contributed by atoms with Crippen molar-refractivity contribution in [3.8, 4) is 23.1 Å². The molecule has 0 amide bonds. The number of benzene rings is 3. The predicted molar refractivity (Wildman–Crippen MR) is 112 cm³/mol. The number of anilines is 2. The summed E-state index contributed by atoms with van der Waals surface area (Å²) in [5.41, 5.74) is 16.1. The topological polar surface area (TPSA) is 111 Å². The molecule has 29 heavy (non-hydrogen) atoms. The molecule has 6 heteroatoms. The summed E-state index contributed by atoms with van der Waals surface area (Å²) in [7, 11) is 0. The number of nitriles is 1. The molecular formula is C23H19N3O3. The Kier molecular flexibility index (Phi) is 6.13. The van der Waals surface area contributed by atoms with Crippen LogP contribution in [-0.2, 0) is 16.1 Å². The van der Waals surface area contributed by atoms with E-state index >= 15 is 0 Å². The Morgan fingerprint density at radius 1 is 0.931 bits per heavy atom. The quantitative estimate of drug-likeness (QED) is 0.286. The van der Waals surface area contributed by atoms with Crippen LogP contribution < -0.4 is 16.2 Å². The molecule has 0 bridgehead atoms. The lowest BCUT2D eigenvalue weighted by Gasteiger charge is -2.05. The average Bonchev–Trinajstić information content (AvgIpc) is 2.71. The third-order valence-corrected chi connectivity index (χ3v) is 4.09. The highest BCUT2D eigenvalue weighted by Crippen LogP contribution is 2.23. The van der Waals surface area contributed by atoms with Crippen LogP contribution >= 0.6 is 0 Å². The summed E-state index contributed by atoms with van der Waals surface area (Å²) in [5.74, 6) is 0.0401. The van der Waals surface area contributed by atoms with Crippen LogP contribution in [-0.4, -0.2) is 5.97 Å². The van der Waals surface area contributed by atoms with Gasteiger partial charge in [0, 0.05) is 17.5 Å². The molecule has 0 fully saturated rings. The fourth-order valence-electron chi connectivity index (χ4n) is 2.75. The lowest BCUT2D eigenvalue weighted by molar-refractivity contribution is -0.138. The largest absolute Gasteiger partial charge is 0.458 e. The van der Waals surface area contributed by atoms with Crippen LogP contribution in [0.1, 0.15) is 11.1 Å². The van der Waals surface area contributed by atoms with Gasteiger partial charge in [-0.3, -0.25) is 0 Å². The Hall–Kier alpha value is -4.24. The number of rotatable bonds is 6. The molecule has 3 aromatic carbocycles. The summed E-state index contributed by atoms with van der Waals surface area (Å²) in [6, 6.07) is 20.0. The summed E-state index contributed by atoms with van der Waals surface area (Å²) in [5, 5.41) is 8.52. The average molecular weight is 385 g/mol. The first-order valence-electron chi connectivity index (χ1n) is 8.80. The monoisotopic (exact) mass is 385 g/mol. The van der Waals surface area contributed by atoms with Crippen molar-refractivity contribution in [2.45, 2.75) is 6.61 Å². The van der Waals surface area contributed by atoms with E-state index in [1.165, 1.54) is 6.08 Å². The molecule has 4 N–H and O–H groups in total. The van der Waals surface area contributed by atoms with Gasteiger partial charge in [-0.2, -0.15) is 0 Å². The summed E-state index contributed by atoms with van der Waals surface area (Å²) >= 11 is 0. The van der Waals surface area contributed by atoms with E-state index in [4.69, 9.17) is 26.2 Å². The molecule has 0 heterocycles. The molecule has 0 saturated carbocycles. The molecule has 0 aromatic heterocycles. The summed E-state index contributed by atoms with van der Waals surface area (Å²) in [6.07, 6.45) is 4.70. The van der Waals surface area contributed by atoms with E-state index in [0.29, 0.717) is 17.1 Å². The van der Waals surface area contributed by atoms with Crippen molar-refractivity contribution in [1.29, 1.82) is 5.26 Å². The zero-order valence-corrected chi connectivity index (χ0v) is 15.5. The number of ether oxygens (including phenoxy) is 2. The fraction of sp³-hybridized carbons (Fsp3) is 0.0435. The molecular weight excluding hydrogens is 366 g/mol. The second-order valence-corrected chi connectivity index (χ2v) is 6.29. The van der Waals surface area contributed by atoms with Crippen molar-refractivity contribution in [3.05, 3.63) is 83.9 Å².